The van der Waals surface area contributed by atoms with E-state index in [9.17, 15) is 9.59 Å². The fourth-order valence-electron chi connectivity index (χ4n) is 2.86. The van der Waals surface area contributed by atoms with Crippen LogP contribution in [0.4, 0.5) is 5.82 Å². The Morgan fingerprint density at radius 1 is 1.00 bits per heavy atom. The van der Waals surface area contributed by atoms with Crippen LogP contribution in [0.5, 0.6) is 0 Å². The van der Waals surface area contributed by atoms with Gasteiger partial charge >= 0.3 is 0 Å². The molecule has 0 radical (unpaired) electrons. The topological polar surface area (TPSA) is 69.6 Å². The largest absolute Gasteiger partial charge is 0.355 e. The van der Waals surface area contributed by atoms with E-state index in [1.165, 1.54) is 0 Å². The van der Waals surface area contributed by atoms with Gasteiger partial charge in [-0.1, -0.05) is 13.8 Å². The molecule has 1 fully saturated rings. The number of hydrogen-bond acceptors (Lipinski definition) is 5. The van der Waals surface area contributed by atoms with Gasteiger partial charge in [0.15, 0.2) is 0 Å². The molecule has 2 heterocycles. The molecule has 0 aliphatic carbocycles. The molecule has 0 saturated carbocycles. The molecule has 2 rings (SSSR count). The lowest BCUT2D eigenvalue weighted by Gasteiger charge is -2.34. The summed E-state index contributed by atoms with van der Waals surface area (Å²) in [5, 5.41) is 0. The van der Waals surface area contributed by atoms with Crippen molar-refractivity contribution in [3.8, 4) is 0 Å². The molecule has 0 N–H and O–H groups in total. The van der Waals surface area contributed by atoms with Crippen molar-refractivity contribution in [2.24, 2.45) is 0 Å². The van der Waals surface area contributed by atoms with Crippen LogP contribution in [0, 0.1) is 0 Å². The van der Waals surface area contributed by atoms with Crippen LogP contribution in [0.15, 0.2) is 12.4 Å². The quantitative estimate of drug-likeness (QED) is 0.787. The molecule has 1 aliphatic heterocycles. The first kappa shape index (κ1) is 18.2. The molecule has 7 nitrogen and oxygen atoms in total. The van der Waals surface area contributed by atoms with Crippen LogP contribution < -0.4 is 4.90 Å². The maximum Gasteiger partial charge on any atom is 0.274 e. The van der Waals surface area contributed by atoms with E-state index in [1.807, 2.05) is 0 Å². The average Bonchev–Trinajstić information content (AvgIpc) is 2.61. The molecule has 0 spiro atoms. The highest BCUT2D eigenvalue weighted by Crippen LogP contribution is 2.12. The fraction of sp³-hybridized carbons (Fsp3) is 0.647. The Morgan fingerprint density at radius 2 is 1.58 bits per heavy atom. The van der Waals surface area contributed by atoms with Crippen molar-refractivity contribution in [1.29, 1.82) is 0 Å². The monoisotopic (exact) mass is 333 g/mol. The van der Waals surface area contributed by atoms with E-state index < -0.39 is 0 Å². The van der Waals surface area contributed by atoms with Crippen LogP contribution in [0.2, 0.25) is 0 Å². The number of piperazine rings is 1. The average molecular weight is 333 g/mol. The van der Waals surface area contributed by atoms with Crippen LogP contribution in [-0.2, 0) is 4.79 Å². The summed E-state index contributed by atoms with van der Waals surface area (Å²) in [6.45, 7) is 9.93. The van der Waals surface area contributed by atoms with Crippen LogP contribution in [-0.4, -0.2) is 70.9 Å². The van der Waals surface area contributed by atoms with Crippen LogP contribution in [0.3, 0.4) is 0 Å². The summed E-state index contributed by atoms with van der Waals surface area (Å²) in [5.41, 5.74) is 0.364. The first-order valence-electron chi connectivity index (χ1n) is 8.68. The molecule has 0 atom stereocenters. The Morgan fingerprint density at radius 3 is 2.04 bits per heavy atom. The number of nitrogens with zero attached hydrogens (tertiary/aromatic N) is 5. The summed E-state index contributed by atoms with van der Waals surface area (Å²) in [5.74, 6) is 0.754. The van der Waals surface area contributed by atoms with Gasteiger partial charge in [-0.15, -0.1) is 0 Å². The van der Waals surface area contributed by atoms with E-state index in [4.69, 9.17) is 0 Å². The molecular weight excluding hydrogens is 306 g/mol. The van der Waals surface area contributed by atoms with Crippen molar-refractivity contribution >= 4 is 17.6 Å². The maximum absolute atomic E-state index is 12.5. The highest BCUT2D eigenvalue weighted by Gasteiger charge is 2.24. The minimum atomic E-state index is -0.116. The van der Waals surface area contributed by atoms with Crippen molar-refractivity contribution in [3.05, 3.63) is 18.1 Å². The summed E-state index contributed by atoms with van der Waals surface area (Å²) >= 11 is 0. The lowest BCUT2D eigenvalue weighted by molar-refractivity contribution is -0.130. The van der Waals surface area contributed by atoms with Crippen molar-refractivity contribution < 1.29 is 9.59 Å². The first-order valence-corrected chi connectivity index (χ1v) is 8.68. The predicted octanol–water partition coefficient (Wildman–Crippen LogP) is 1.41. The number of hydrogen-bond donors (Lipinski definition) is 0. The maximum atomic E-state index is 12.5. The molecular formula is C17H27N5O2. The van der Waals surface area contributed by atoms with Gasteiger partial charge in [-0.05, 0) is 12.8 Å². The van der Waals surface area contributed by atoms with Gasteiger partial charge in [-0.25, -0.2) is 9.97 Å². The Labute approximate surface area is 143 Å². The van der Waals surface area contributed by atoms with Gasteiger partial charge < -0.3 is 14.7 Å². The molecule has 132 valence electrons. The smallest absolute Gasteiger partial charge is 0.274 e. The van der Waals surface area contributed by atoms with E-state index in [0.717, 1.165) is 31.7 Å². The van der Waals surface area contributed by atoms with Gasteiger partial charge in [-0.2, -0.15) is 0 Å². The molecule has 0 bridgehead atoms. The molecule has 24 heavy (non-hydrogen) atoms. The van der Waals surface area contributed by atoms with Crippen molar-refractivity contribution in [2.75, 3.05) is 44.2 Å². The number of rotatable bonds is 6. The highest BCUT2D eigenvalue weighted by molar-refractivity contribution is 5.92. The van der Waals surface area contributed by atoms with Gasteiger partial charge in [0.25, 0.3) is 5.91 Å². The number of anilines is 1. The summed E-state index contributed by atoms with van der Waals surface area (Å²) in [7, 11) is 0. The molecule has 0 aromatic carbocycles. The first-order chi connectivity index (χ1) is 11.6. The fourth-order valence-corrected chi connectivity index (χ4v) is 2.86. The van der Waals surface area contributed by atoms with Gasteiger partial charge in [0.1, 0.15) is 11.5 Å². The Balaban J connectivity index is 1.99. The zero-order valence-electron chi connectivity index (χ0n) is 14.9. The minimum Gasteiger partial charge on any atom is -0.355 e. The van der Waals surface area contributed by atoms with E-state index in [-0.39, 0.29) is 11.8 Å². The molecule has 1 aliphatic rings. The standard InChI is InChI=1S/C17H27N5O2/c1-4-6-21(7-5-2)16-13-18-15(12-19-16)17(24)22-10-8-20(9-11-22)14(3)23/h12-13H,4-11H2,1-3H3. The second-order valence-corrected chi connectivity index (χ2v) is 6.05. The molecule has 7 heteroatoms. The third-order valence-electron chi connectivity index (χ3n) is 4.18. The molecule has 1 aromatic heterocycles. The summed E-state index contributed by atoms with van der Waals surface area (Å²) in [6.07, 6.45) is 5.34. The number of carbonyl (C=O) groups excluding carboxylic acids is 2. The molecule has 0 unspecified atom stereocenters. The summed E-state index contributed by atoms with van der Waals surface area (Å²) in [6, 6.07) is 0. The lowest BCUT2D eigenvalue weighted by Crippen LogP contribution is -2.50. The van der Waals surface area contributed by atoms with Gasteiger partial charge in [0, 0.05) is 46.2 Å². The Kier molecular flexibility index (Phi) is 6.52. The third-order valence-corrected chi connectivity index (χ3v) is 4.18. The van der Waals surface area contributed by atoms with Crippen LogP contribution in [0.1, 0.15) is 44.1 Å². The number of aromatic nitrogens is 2. The van der Waals surface area contributed by atoms with Gasteiger partial charge in [-0.3, -0.25) is 9.59 Å². The number of carbonyl (C=O) groups is 2. The van der Waals surface area contributed by atoms with Crippen molar-refractivity contribution in [2.45, 2.75) is 33.6 Å². The van der Waals surface area contributed by atoms with Gasteiger partial charge in [0.2, 0.25) is 5.91 Å². The normalized spacial score (nSPS) is 14.6. The second-order valence-electron chi connectivity index (χ2n) is 6.05. The lowest BCUT2D eigenvalue weighted by atomic mass is 10.2. The second kappa shape index (κ2) is 8.61. The minimum absolute atomic E-state index is 0.0539. The SMILES string of the molecule is CCCN(CCC)c1cnc(C(=O)N2CCN(C(C)=O)CC2)cn1. The molecule has 1 saturated heterocycles. The van der Waals surface area contributed by atoms with Gasteiger partial charge in [0.05, 0.1) is 12.4 Å². The Hall–Kier alpha value is -2.18. The zero-order chi connectivity index (χ0) is 17.5. The number of amides is 2. The van der Waals surface area contributed by atoms with E-state index in [1.54, 1.807) is 29.1 Å². The Bertz CT molecular complexity index is 547. The van der Waals surface area contributed by atoms with E-state index in [2.05, 4.69) is 28.7 Å². The third kappa shape index (κ3) is 4.43. The molecule has 1 aromatic rings. The molecule has 2 amide bonds. The zero-order valence-corrected chi connectivity index (χ0v) is 14.9. The predicted molar refractivity (Wildman–Crippen MR) is 93.0 cm³/mol. The van der Waals surface area contributed by atoms with Crippen molar-refractivity contribution in [1.82, 2.24) is 19.8 Å². The summed E-state index contributed by atoms with van der Waals surface area (Å²) in [4.78, 5) is 38.3. The van der Waals surface area contributed by atoms with E-state index in [0.29, 0.717) is 31.9 Å². The summed E-state index contributed by atoms with van der Waals surface area (Å²) < 4.78 is 0. The highest BCUT2D eigenvalue weighted by atomic mass is 16.2. The van der Waals surface area contributed by atoms with Crippen molar-refractivity contribution in [3.63, 3.8) is 0 Å². The van der Waals surface area contributed by atoms with Crippen LogP contribution in [0.25, 0.3) is 0 Å². The van der Waals surface area contributed by atoms with E-state index >= 15 is 0 Å². The van der Waals surface area contributed by atoms with Crippen LogP contribution >= 0.6 is 0 Å².